The van der Waals surface area contributed by atoms with Crippen molar-refractivity contribution in [2.45, 2.75) is 13.3 Å². The highest BCUT2D eigenvalue weighted by atomic mass is 35.5. The molecule has 0 bridgehead atoms. The zero-order valence-electron chi connectivity index (χ0n) is 10.0. The maximum Gasteiger partial charge on any atom is 0.273 e. The maximum atomic E-state index is 12.2. The second-order valence-corrected chi connectivity index (χ2v) is 5.30. The van der Waals surface area contributed by atoms with Crippen molar-refractivity contribution in [2.24, 2.45) is 0 Å². The highest BCUT2D eigenvalue weighted by Gasteiger charge is 2.38. The van der Waals surface area contributed by atoms with Gasteiger partial charge >= 0.3 is 0 Å². The third-order valence-corrected chi connectivity index (χ3v) is 3.66. The van der Waals surface area contributed by atoms with Gasteiger partial charge in [0.1, 0.15) is 5.03 Å². The van der Waals surface area contributed by atoms with Crippen LogP contribution in [-0.4, -0.2) is 23.3 Å². The van der Waals surface area contributed by atoms with Crippen LogP contribution >= 0.6 is 34.8 Å². The highest BCUT2D eigenvalue weighted by molar-refractivity contribution is 6.55. The van der Waals surface area contributed by atoms with E-state index in [1.54, 1.807) is 12.1 Å². The van der Waals surface area contributed by atoms with E-state index in [-0.39, 0.29) is 10.6 Å². The Kier molecular flexibility index (Phi) is 4.19. The van der Waals surface area contributed by atoms with E-state index >= 15 is 0 Å². The zero-order chi connectivity index (χ0) is 14.2. The van der Waals surface area contributed by atoms with Gasteiger partial charge in [0.25, 0.3) is 11.8 Å². The minimum absolute atomic E-state index is 0.0947. The highest BCUT2D eigenvalue weighted by Crippen LogP contribution is 2.36. The molecule has 1 aromatic rings. The summed E-state index contributed by atoms with van der Waals surface area (Å²) in [6.07, 6.45) is 0.670. The van der Waals surface area contributed by atoms with Crippen LogP contribution in [0.15, 0.2) is 23.2 Å². The third kappa shape index (κ3) is 2.50. The summed E-state index contributed by atoms with van der Waals surface area (Å²) in [5, 5.41) is 0.649. The second-order valence-electron chi connectivity index (χ2n) is 4.08. The molecule has 1 aliphatic rings. The summed E-state index contributed by atoms with van der Waals surface area (Å²) >= 11 is 17.8. The van der Waals surface area contributed by atoms with E-state index in [0.717, 1.165) is 4.90 Å². The molecular formula is C13H10Cl3NO2. The van der Waals surface area contributed by atoms with Crippen LogP contribution < -0.4 is 0 Å². The maximum absolute atomic E-state index is 12.2. The van der Waals surface area contributed by atoms with Crippen molar-refractivity contribution in [3.8, 4) is 0 Å². The van der Waals surface area contributed by atoms with Gasteiger partial charge in [0, 0.05) is 17.1 Å². The van der Waals surface area contributed by atoms with Crippen LogP contribution in [0, 0.1) is 0 Å². The summed E-state index contributed by atoms with van der Waals surface area (Å²) < 4.78 is 0. The fourth-order valence-electron chi connectivity index (χ4n) is 1.90. The monoisotopic (exact) mass is 317 g/mol. The first-order chi connectivity index (χ1) is 8.97. The van der Waals surface area contributed by atoms with Crippen molar-refractivity contribution in [1.82, 2.24) is 4.90 Å². The molecule has 1 aromatic carbocycles. The molecule has 0 saturated carbocycles. The fourth-order valence-corrected chi connectivity index (χ4v) is 2.69. The number of amides is 2. The van der Waals surface area contributed by atoms with E-state index in [4.69, 9.17) is 34.8 Å². The molecule has 1 heterocycles. The molecule has 1 aliphatic heterocycles. The first-order valence-corrected chi connectivity index (χ1v) is 6.82. The minimum Gasteiger partial charge on any atom is -0.274 e. The van der Waals surface area contributed by atoms with Gasteiger partial charge in [-0.25, -0.2) is 0 Å². The van der Waals surface area contributed by atoms with Crippen LogP contribution in [0.5, 0.6) is 0 Å². The number of benzene rings is 1. The lowest BCUT2D eigenvalue weighted by Gasteiger charge is -2.13. The fraction of sp³-hybridized carbons (Fsp3) is 0.231. The number of hydrogen-bond donors (Lipinski definition) is 0. The standard InChI is InChI=1S/C13H10Cl3NO2/c1-2-5-17-12(18)10(11(16)13(17)19)8-4-3-7(14)6-9(8)15/h3-4,6H,2,5H2,1H3. The van der Waals surface area contributed by atoms with Gasteiger partial charge in [-0.15, -0.1) is 0 Å². The van der Waals surface area contributed by atoms with E-state index in [2.05, 4.69) is 0 Å². The number of carbonyl (C=O) groups excluding carboxylic acids is 2. The predicted molar refractivity (Wildman–Crippen MR) is 76.2 cm³/mol. The molecule has 0 fully saturated rings. The van der Waals surface area contributed by atoms with Crippen molar-refractivity contribution in [2.75, 3.05) is 6.54 Å². The number of rotatable bonds is 3. The molecule has 0 radical (unpaired) electrons. The number of carbonyl (C=O) groups is 2. The lowest BCUT2D eigenvalue weighted by atomic mass is 10.1. The summed E-state index contributed by atoms with van der Waals surface area (Å²) in [6, 6.07) is 4.69. The molecule has 0 N–H and O–H groups in total. The second kappa shape index (κ2) is 5.53. The molecule has 2 amide bonds. The van der Waals surface area contributed by atoms with Crippen molar-refractivity contribution < 1.29 is 9.59 Å². The van der Waals surface area contributed by atoms with Crippen LogP contribution in [0.4, 0.5) is 0 Å². The van der Waals surface area contributed by atoms with Crippen molar-refractivity contribution >= 4 is 52.2 Å². The van der Waals surface area contributed by atoms with Gasteiger partial charge in [0.2, 0.25) is 0 Å². The van der Waals surface area contributed by atoms with E-state index in [1.807, 2.05) is 6.92 Å². The predicted octanol–water partition coefficient (Wildman–Crippen LogP) is 3.72. The molecule has 0 atom stereocenters. The van der Waals surface area contributed by atoms with E-state index in [0.29, 0.717) is 28.6 Å². The summed E-state index contributed by atoms with van der Waals surface area (Å²) in [7, 11) is 0. The van der Waals surface area contributed by atoms with Crippen molar-refractivity contribution in [3.63, 3.8) is 0 Å². The lowest BCUT2D eigenvalue weighted by Crippen LogP contribution is -2.31. The van der Waals surface area contributed by atoms with Gasteiger partial charge in [0.05, 0.1) is 10.6 Å². The van der Waals surface area contributed by atoms with Crippen LogP contribution in [0.3, 0.4) is 0 Å². The minimum atomic E-state index is -0.477. The number of halogens is 3. The third-order valence-electron chi connectivity index (χ3n) is 2.76. The molecular weight excluding hydrogens is 309 g/mol. The SMILES string of the molecule is CCCN1C(=O)C(Cl)=C(c2ccc(Cl)cc2Cl)C1=O. The van der Waals surface area contributed by atoms with E-state index in [9.17, 15) is 9.59 Å². The summed E-state index contributed by atoms with van der Waals surface area (Å²) in [6.45, 7) is 2.21. The van der Waals surface area contributed by atoms with Crippen molar-refractivity contribution in [1.29, 1.82) is 0 Å². The molecule has 3 nitrogen and oxygen atoms in total. The Morgan fingerprint density at radius 3 is 2.37 bits per heavy atom. The average Bonchev–Trinajstić information content (AvgIpc) is 2.55. The Balaban J connectivity index is 2.50. The van der Waals surface area contributed by atoms with Gasteiger partial charge in [0.15, 0.2) is 0 Å². The topological polar surface area (TPSA) is 37.4 Å². The first kappa shape index (κ1) is 14.4. The molecule has 0 aromatic heterocycles. The summed E-state index contributed by atoms with van der Waals surface area (Å²) in [5.41, 5.74) is 0.565. The van der Waals surface area contributed by atoms with Crippen LogP contribution in [0.2, 0.25) is 10.0 Å². The van der Waals surface area contributed by atoms with Gasteiger partial charge in [-0.05, 0) is 18.6 Å². The molecule has 100 valence electrons. The van der Waals surface area contributed by atoms with Gasteiger partial charge in [-0.3, -0.25) is 14.5 Å². The van der Waals surface area contributed by atoms with Crippen LogP contribution in [0.1, 0.15) is 18.9 Å². The van der Waals surface area contributed by atoms with E-state index < -0.39 is 11.8 Å². The van der Waals surface area contributed by atoms with E-state index in [1.165, 1.54) is 6.07 Å². The Hall–Kier alpha value is -1.03. The molecule has 0 unspecified atom stereocenters. The summed E-state index contributed by atoms with van der Waals surface area (Å²) in [4.78, 5) is 25.3. The molecule has 0 aliphatic carbocycles. The number of nitrogens with zero attached hydrogens (tertiary/aromatic N) is 1. The normalized spacial score (nSPS) is 15.7. The largest absolute Gasteiger partial charge is 0.274 e. The van der Waals surface area contributed by atoms with Gasteiger partial charge < -0.3 is 0 Å². The number of imide groups is 1. The Morgan fingerprint density at radius 1 is 1.11 bits per heavy atom. The Morgan fingerprint density at radius 2 is 1.79 bits per heavy atom. The number of hydrogen-bond acceptors (Lipinski definition) is 2. The Labute approximate surface area is 125 Å². The average molecular weight is 319 g/mol. The van der Waals surface area contributed by atoms with Gasteiger partial charge in [-0.1, -0.05) is 47.8 Å². The van der Waals surface area contributed by atoms with Crippen LogP contribution in [-0.2, 0) is 9.59 Å². The molecule has 19 heavy (non-hydrogen) atoms. The Bertz CT molecular complexity index is 596. The smallest absolute Gasteiger partial charge is 0.273 e. The zero-order valence-corrected chi connectivity index (χ0v) is 12.3. The lowest BCUT2D eigenvalue weighted by molar-refractivity contribution is -0.136. The molecule has 2 rings (SSSR count). The van der Waals surface area contributed by atoms with Gasteiger partial charge in [-0.2, -0.15) is 0 Å². The summed E-state index contributed by atoms with van der Waals surface area (Å²) in [5.74, 6) is -0.893. The molecule has 0 saturated heterocycles. The molecule has 6 heteroatoms. The van der Waals surface area contributed by atoms with Crippen LogP contribution in [0.25, 0.3) is 5.57 Å². The molecule has 0 spiro atoms. The van der Waals surface area contributed by atoms with Crippen molar-refractivity contribution in [3.05, 3.63) is 38.8 Å². The first-order valence-electron chi connectivity index (χ1n) is 5.68. The quantitative estimate of drug-likeness (QED) is 0.797.